The molecular weight excluding hydrogens is 346 g/mol. The summed E-state index contributed by atoms with van der Waals surface area (Å²) in [4.78, 5) is 37.4. The number of anilines is 1. The van der Waals surface area contributed by atoms with Crippen LogP contribution < -0.4 is 20.1 Å². The van der Waals surface area contributed by atoms with E-state index in [0.717, 1.165) is 0 Å². The van der Waals surface area contributed by atoms with Crippen LogP contribution in [0.15, 0.2) is 18.2 Å². The molecule has 140 valence electrons. The zero-order valence-corrected chi connectivity index (χ0v) is 14.1. The van der Waals surface area contributed by atoms with Crippen molar-refractivity contribution in [2.24, 2.45) is 0 Å². The lowest BCUT2D eigenvalue weighted by atomic mass is 10.2. The van der Waals surface area contributed by atoms with Gasteiger partial charge in [0.15, 0.2) is 11.5 Å². The highest BCUT2D eigenvalue weighted by Crippen LogP contribution is 2.34. The van der Waals surface area contributed by atoms with E-state index in [-0.39, 0.29) is 19.9 Å². The Labute approximate surface area is 149 Å². The highest BCUT2D eigenvalue weighted by Gasteiger charge is 2.31. The number of carbonyl (C=O) groups is 3. The minimum Gasteiger partial charge on any atom is -0.468 e. The van der Waals surface area contributed by atoms with E-state index in [2.05, 4.69) is 10.6 Å². The van der Waals surface area contributed by atoms with Gasteiger partial charge in [0.1, 0.15) is 6.04 Å². The zero-order valence-electron chi connectivity index (χ0n) is 14.1. The zero-order chi connectivity index (χ0) is 18.5. The molecule has 1 aromatic carbocycles. The predicted molar refractivity (Wildman–Crippen MR) is 87.9 cm³/mol. The number of rotatable bonds is 4. The molecule has 0 radical (unpaired) electrons. The Balaban J connectivity index is 1.52. The van der Waals surface area contributed by atoms with E-state index in [1.807, 2.05) is 0 Å². The van der Waals surface area contributed by atoms with E-state index < -0.39 is 23.9 Å². The van der Waals surface area contributed by atoms with E-state index in [9.17, 15) is 14.4 Å². The number of carbonyl (C=O) groups excluding carboxylic acids is 3. The Hall–Kier alpha value is -2.85. The summed E-state index contributed by atoms with van der Waals surface area (Å²) in [6.45, 7) is 0.923. The van der Waals surface area contributed by atoms with Crippen LogP contribution in [-0.2, 0) is 19.1 Å². The van der Waals surface area contributed by atoms with E-state index in [1.54, 1.807) is 23.1 Å². The molecule has 0 unspecified atom stereocenters. The van der Waals surface area contributed by atoms with E-state index >= 15 is 0 Å². The van der Waals surface area contributed by atoms with Crippen molar-refractivity contribution in [2.75, 3.05) is 45.5 Å². The Kier molecular flexibility index (Phi) is 5.54. The minimum absolute atomic E-state index is 0.127. The number of nitrogens with one attached hydrogen (secondary N) is 2. The molecule has 1 aromatic rings. The van der Waals surface area contributed by atoms with Crippen LogP contribution in [0.2, 0.25) is 0 Å². The molecule has 3 amide bonds. The number of methoxy groups -OCH3 is 1. The standard InChI is InChI=1S/C16H19N3O7/c1-23-15(21)11-8-24-5-4-19(11)7-14(20)18-16(22)17-10-2-3-12-13(6-10)26-9-25-12/h2-3,6,11H,4-5,7-9H2,1H3,(H2,17,18,20,22)/t11-/m0/s1. The molecular formula is C16H19N3O7. The molecule has 26 heavy (non-hydrogen) atoms. The van der Waals surface area contributed by atoms with Gasteiger partial charge in [-0.2, -0.15) is 0 Å². The van der Waals surface area contributed by atoms with E-state index in [4.69, 9.17) is 18.9 Å². The Morgan fingerprint density at radius 3 is 2.88 bits per heavy atom. The van der Waals surface area contributed by atoms with Crippen LogP contribution in [0.25, 0.3) is 0 Å². The van der Waals surface area contributed by atoms with Gasteiger partial charge in [-0.15, -0.1) is 0 Å². The second-order valence-electron chi connectivity index (χ2n) is 5.65. The minimum atomic E-state index is -0.684. The number of ether oxygens (including phenoxy) is 4. The summed E-state index contributed by atoms with van der Waals surface area (Å²) in [5.41, 5.74) is 0.457. The van der Waals surface area contributed by atoms with Crippen molar-refractivity contribution in [3.05, 3.63) is 18.2 Å². The molecule has 2 heterocycles. The molecule has 2 aliphatic rings. The number of esters is 1. The number of amides is 3. The third kappa shape index (κ3) is 4.21. The molecule has 10 heteroatoms. The molecule has 0 aromatic heterocycles. The second kappa shape index (κ2) is 8.02. The number of hydrogen-bond donors (Lipinski definition) is 2. The summed E-state index contributed by atoms with van der Waals surface area (Å²) in [5, 5.41) is 4.77. The molecule has 2 N–H and O–H groups in total. The van der Waals surface area contributed by atoms with Crippen molar-refractivity contribution in [1.82, 2.24) is 10.2 Å². The highest BCUT2D eigenvalue weighted by molar-refractivity contribution is 6.02. The summed E-state index contributed by atoms with van der Waals surface area (Å²) in [6.07, 6.45) is 0. The van der Waals surface area contributed by atoms with Crippen LogP contribution in [0.3, 0.4) is 0 Å². The third-order valence-electron chi connectivity index (χ3n) is 3.94. The smallest absolute Gasteiger partial charge is 0.325 e. The van der Waals surface area contributed by atoms with Gasteiger partial charge in [-0.1, -0.05) is 0 Å². The number of morpholine rings is 1. The van der Waals surface area contributed by atoms with Gasteiger partial charge in [0.25, 0.3) is 0 Å². The van der Waals surface area contributed by atoms with Gasteiger partial charge in [-0.3, -0.25) is 19.8 Å². The van der Waals surface area contributed by atoms with Crippen molar-refractivity contribution in [3.8, 4) is 11.5 Å². The van der Waals surface area contributed by atoms with Crippen LogP contribution >= 0.6 is 0 Å². The molecule has 0 bridgehead atoms. The first-order valence-electron chi connectivity index (χ1n) is 7.97. The summed E-state index contributed by atoms with van der Waals surface area (Å²) in [5.74, 6) is 0.0814. The van der Waals surface area contributed by atoms with Gasteiger partial charge in [0, 0.05) is 18.3 Å². The molecule has 10 nitrogen and oxygen atoms in total. The van der Waals surface area contributed by atoms with Crippen LogP contribution in [0.4, 0.5) is 10.5 Å². The molecule has 1 atom stereocenters. The first kappa shape index (κ1) is 18.0. The second-order valence-corrected chi connectivity index (χ2v) is 5.65. The highest BCUT2D eigenvalue weighted by atomic mass is 16.7. The van der Waals surface area contributed by atoms with Crippen molar-refractivity contribution < 1.29 is 33.3 Å². The first-order chi connectivity index (χ1) is 12.6. The maximum absolute atomic E-state index is 12.1. The lowest BCUT2D eigenvalue weighted by molar-refractivity contribution is -0.153. The number of urea groups is 1. The topological polar surface area (TPSA) is 115 Å². The van der Waals surface area contributed by atoms with Crippen LogP contribution in [-0.4, -0.2) is 69.1 Å². The SMILES string of the molecule is COC(=O)[C@@H]1COCCN1CC(=O)NC(=O)Nc1ccc2c(c1)OCO2. The third-order valence-corrected chi connectivity index (χ3v) is 3.94. The number of imide groups is 1. The average Bonchev–Trinajstić information content (AvgIpc) is 3.09. The molecule has 0 aliphatic carbocycles. The van der Waals surface area contributed by atoms with Crippen molar-refractivity contribution in [1.29, 1.82) is 0 Å². The quantitative estimate of drug-likeness (QED) is 0.713. The van der Waals surface area contributed by atoms with Gasteiger partial charge < -0.3 is 24.3 Å². The summed E-state index contributed by atoms with van der Waals surface area (Å²) in [7, 11) is 1.27. The van der Waals surface area contributed by atoms with Gasteiger partial charge in [0.05, 0.1) is 26.9 Å². The molecule has 3 rings (SSSR count). The lowest BCUT2D eigenvalue weighted by Crippen LogP contribution is -2.54. The van der Waals surface area contributed by atoms with Crippen LogP contribution in [0.5, 0.6) is 11.5 Å². The molecule has 2 aliphatic heterocycles. The van der Waals surface area contributed by atoms with Crippen molar-refractivity contribution in [3.63, 3.8) is 0 Å². The Morgan fingerprint density at radius 1 is 1.27 bits per heavy atom. The summed E-state index contributed by atoms with van der Waals surface area (Å²) < 4.78 is 20.4. The van der Waals surface area contributed by atoms with Crippen molar-refractivity contribution >= 4 is 23.6 Å². The van der Waals surface area contributed by atoms with Gasteiger partial charge in [0.2, 0.25) is 12.7 Å². The fourth-order valence-electron chi connectivity index (χ4n) is 2.67. The monoisotopic (exact) mass is 365 g/mol. The van der Waals surface area contributed by atoms with Gasteiger partial charge in [-0.05, 0) is 12.1 Å². The first-order valence-corrected chi connectivity index (χ1v) is 7.97. The van der Waals surface area contributed by atoms with E-state index in [1.165, 1.54) is 7.11 Å². The number of benzene rings is 1. The lowest BCUT2D eigenvalue weighted by Gasteiger charge is -2.32. The summed E-state index contributed by atoms with van der Waals surface area (Å²) in [6, 6.07) is 3.54. The van der Waals surface area contributed by atoms with Crippen LogP contribution in [0.1, 0.15) is 0 Å². The number of fused-ring (bicyclic) bond motifs is 1. The average molecular weight is 365 g/mol. The van der Waals surface area contributed by atoms with Crippen molar-refractivity contribution in [2.45, 2.75) is 6.04 Å². The Bertz CT molecular complexity index is 709. The maximum atomic E-state index is 12.1. The van der Waals surface area contributed by atoms with E-state index in [0.29, 0.717) is 30.3 Å². The number of nitrogens with zero attached hydrogens (tertiary/aromatic N) is 1. The fraction of sp³-hybridized carbons (Fsp3) is 0.438. The predicted octanol–water partition coefficient (Wildman–Crippen LogP) is -0.0628. The Morgan fingerprint density at radius 2 is 2.08 bits per heavy atom. The van der Waals surface area contributed by atoms with Crippen LogP contribution in [0, 0.1) is 0 Å². The van der Waals surface area contributed by atoms with Gasteiger partial charge in [-0.25, -0.2) is 4.79 Å². The summed E-state index contributed by atoms with van der Waals surface area (Å²) >= 11 is 0. The number of hydrogen-bond acceptors (Lipinski definition) is 8. The normalized spacial score (nSPS) is 18.9. The fourth-order valence-corrected chi connectivity index (χ4v) is 2.67. The van der Waals surface area contributed by atoms with Gasteiger partial charge >= 0.3 is 12.0 Å². The molecule has 1 saturated heterocycles. The largest absolute Gasteiger partial charge is 0.468 e. The molecule has 1 fully saturated rings. The molecule has 0 spiro atoms. The maximum Gasteiger partial charge on any atom is 0.325 e. The molecule has 0 saturated carbocycles.